The van der Waals surface area contributed by atoms with Crippen LogP contribution >= 0.6 is 0 Å². The molecule has 23 heavy (non-hydrogen) atoms. The number of ether oxygens (including phenoxy) is 3. The molecule has 4 heteroatoms. The zero-order chi connectivity index (χ0) is 16.5. The Morgan fingerprint density at radius 2 is 1.52 bits per heavy atom. The summed E-state index contributed by atoms with van der Waals surface area (Å²) in [5.74, 6) is 1.22. The highest BCUT2D eigenvalue weighted by Crippen LogP contribution is 2.24. The summed E-state index contributed by atoms with van der Waals surface area (Å²) in [7, 11) is 1.65. The van der Waals surface area contributed by atoms with E-state index in [1.807, 2.05) is 48.5 Å². The molecule has 0 heterocycles. The fourth-order valence-corrected chi connectivity index (χ4v) is 2.01. The molecular formula is C19H20O4. The monoisotopic (exact) mass is 312 g/mol. The number of esters is 1. The Hall–Kier alpha value is -2.75. The first-order valence-corrected chi connectivity index (χ1v) is 7.39. The van der Waals surface area contributed by atoms with Gasteiger partial charge in [-0.05, 0) is 35.4 Å². The largest absolute Gasteiger partial charge is 0.497 e. The first kappa shape index (κ1) is 16.6. The van der Waals surface area contributed by atoms with Crippen molar-refractivity contribution in [3.63, 3.8) is 0 Å². The Labute approximate surface area is 136 Å². The molecule has 0 unspecified atom stereocenters. The van der Waals surface area contributed by atoms with Crippen molar-refractivity contribution in [3.8, 4) is 22.6 Å². The van der Waals surface area contributed by atoms with Crippen molar-refractivity contribution in [3.05, 3.63) is 61.2 Å². The van der Waals surface area contributed by atoms with E-state index in [4.69, 9.17) is 14.2 Å². The summed E-state index contributed by atoms with van der Waals surface area (Å²) in [6.07, 6.45) is 1.79. The normalized spacial score (nSPS) is 9.96. The molecule has 0 aliphatic heterocycles. The van der Waals surface area contributed by atoms with Crippen LogP contribution in [-0.2, 0) is 9.53 Å². The third kappa shape index (κ3) is 5.18. The number of carbonyl (C=O) groups is 1. The van der Waals surface area contributed by atoms with Gasteiger partial charge in [0, 0.05) is 12.5 Å². The molecule has 0 aliphatic carbocycles. The Morgan fingerprint density at radius 3 is 2.04 bits per heavy atom. The van der Waals surface area contributed by atoms with Crippen molar-refractivity contribution in [2.24, 2.45) is 0 Å². The second-order valence-electron chi connectivity index (χ2n) is 4.83. The van der Waals surface area contributed by atoms with E-state index in [2.05, 4.69) is 6.58 Å². The standard InChI is InChI=1S/C19H20O4/c1-3-19(20)23-14-4-13-22-18-11-7-16(8-12-18)15-5-9-17(21-2)10-6-15/h3,5-12H,1,4,13-14H2,2H3. The van der Waals surface area contributed by atoms with E-state index in [1.54, 1.807) is 7.11 Å². The molecule has 0 amide bonds. The lowest BCUT2D eigenvalue weighted by atomic mass is 10.1. The van der Waals surface area contributed by atoms with Gasteiger partial charge in [0.05, 0.1) is 20.3 Å². The number of hydrogen-bond acceptors (Lipinski definition) is 4. The third-order valence-electron chi connectivity index (χ3n) is 3.25. The zero-order valence-electron chi connectivity index (χ0n) is 13.2. The lowest BCUT2D eigenvalue weighted by molar-refractivity contribution is -0.137. The van der Waals surface area contributed by atoms with Gasteiger partial charge in [-0.3, -0.25) is 0 Å². The third-order valence-corrected chi connectivity index (χ3v) is 3.25. The number of hydrogen-bond donors (Lipinski definition) is 0. The van der Waals surface area contributed by atoms with Crippen molar-refractivity contribution in [1.29, 1.82) is 0 Å². The lowest BCUT2D eigenvalue weighted by Crippen LogP contribution is -2.06. The average molecular weight is 312 g/mol. The molecule has 0 spiro atoms. The van der Waals surface area contributed by atoms with Crippen molar-refractivity contribution in [2.75, 3.05) is 20.3 Å². The Morgan fingerprint density at radius 1 is 0.957 bits per heavy atom. The Bertz CT molecular complexity index is 629. The lowest BCUT2D eigenvalue weighted by Gasteiger charge is -2.08. The average Bonchev–Trinajstić information content (AvgIpc) is 2.62. The Balaban J connectivity index is 1.82. The van der Waals surface area contributed by atoms with Gasteiger partial charge in [-0.25, -0.2) is 4.79 Å². The van der Waals surface area contributed by atoms with Gasteiger partial charge in [-0.2, -0.15) is 0 Å². The van der Waals surface area contributed by atoms with Gasteiger partial charge < -0.3 is 14.2 Å². The van der Waals surface area contributed by atoms with E-state index < -0.39 is 5.97 Å². The van der Waals surface area contributed by atoms with Crippen LogP contribution in [0.1, 0.15) is 6.42 Å². The van der Waals surface area contributed by atoms with Crippen molar-refractivity contribution in [1.82, 2.24) is 0 Å². The Kier molecular flexibility index (Phi) is 6.24. The van der Waals surface area contributed by atoms with Crippen LogP contribution in [0, 0.1) is 0 Å². The van der Waals surface area contributed by atoms with Gasteiger partial charge in [0.1, 0.15) is 11.5 Å². The fourth-order valence-electron chi connectivity index (χ4n) is 2.01. The van der Waals surface area contributed by atoms with Crippen LogP contribution in [0.2, 0.25) is 0 Å². The molecule has 0 aliphatic rings. The molecule has 2 aromatic rings. The molecule has 120 valence electrons. The van der Waals surface area contributed by atoms with E-state index in [-0.39, 0.29) is 0 Å². The van der Waals surface area contributed by atoms with Crippen LogP contribution in [0.25, 0.3) is 11.1 Å². The molecular weight excluding hydrogens is 292 g/mol. The van der Waals surface area contributed by atoms with Gasteiger partial charge in [0.15, 0.2) is 0 Å². The number of benzene rings is 2. The molecule has 4 nitrogen and oxygen atoms in total. The molecule has 0 N–H and O–H groups in total. The summed E-state index contributed by atoms with van der Waals surface area (Å²) in [6.45, 7) is 4.16. The second kappa shape index (κ2) is 8.63. The molecule has 0 radical (unpaired) electrons. The highest BCUT2D eigenvalue weighted by atomic mass is 16.5. The minimum Gasteiger partial charge on any atom is -0.497 e. The van der Waals surface area contributed by atoms with Gasteiger partial charge in [0.2, 0.25) is 0 Å². The molecule has 2 rings (SSSR count). The highest BCUT2D eigenvalue weighted by molar-refractivity contribution is 5.81. The van der Waals surface area contributed by atoms with Gasteiger partial charge in [0.25, 0.3) is 0 Å². The number of rotatable bonds is 8. The SMILES string of the molecule is C=CC(=O)OCCCOc1ccc(-c2ccc(OC)cc2)cc1. The van der Waals surface area contributed by atoms with Crippen molar-refractivity contribution >= 4 is 5.97 Å². The highest BCUT2D eigenvalue weighted by Gasteiger charge is 2.00. The summed E-state index contributed by atoms with van der Waals surface area (Å²) in [4.78, 5) is 10.9. The second-order valence-corrected chi connectivity index (χ2v) is 4.83. The van der Waals surface area contributed by atoms with Crippen LogP contribution < -0.4 is 9.47 Å². The predicted octanol–water partition coefficient (Wildman–Crippen LogP) is 3.86. The minimum atomic E-state index is -0.408. The first-order valence-electron chi connectivity index (χ1n) is 7.39. The molecule has 0 fully saturated rings. The zero-order valence-corrected chi connectivity index (χ0v) is 13.2. The molecule has 0 bridgehead atoms. The van der Waals surface area contributed by atoms with Crippen LogP contribution in [0.3, 0.4) is 0 Å². The van der Waals surface area contributed by atoms with Crippen LogP contribution in [0.5, 0.6) is 11.5 Å². The van der Waals surface area contributed by atoms with E-state index in [1.165, 1.54) is 0 Å². The van der Waals surface area contributed by atoms with Crippen LogP contribution in [-0.4, -0.2) is 26.3 Å². The van der Waals surface area contributed by atoms with Crippen molar-refractivity contribution < 1.29 is 19.0 Å². The summed E-state index contributed by atoms with van der Waals surface area (Å²) in [5, 5.41) is 0. The summed E-state index contributed by atoms with van der Waals surface area (Å²) < 4.78 is 15.6. The first-order chi connectivity index (χ1) is 11.2. The van der Waals surface area contributed by atoms with Crippen LogP contribution in [0.15, 0.2) is 61.2 Å². The summed E-state index contributed by atoms with van der Waals surface area (Å²) in [6, 6.07) is 15.8. The smallest absolute Gasteiger partial charge is 0.330 e. The topological polar surface area (TPSA) is 44.8 Å². The molecule has 0 atom stereocenters. The molecule has 0 aromatic heterocycles. The maximum atomic E-state index is 10.9. The number of carbonyl (C=O) groups excluding carboxylic acids is 1. The molecule has 2 aromatic carbocycles. The van der Waals surface area contributed by atoms with Crippen molar-refractivity contribution in [2.45, 2.75) is 6.42 Å². The van der Waals surface area contributed by atoms with Gasteiger partial charge in [-0.1, -0.05) is 30.8 Å². The fraction of sp³-hybridized carbons (Fsp3) is 0.211. The summed E-state index contributed by atoms with van der Waals surface area (Å²) in [5.41, 5.74) is 2.23. The van der Waals surface area contributed by atoms with Gasteiger partial charge >= 0.3 is 5.97 Å². The molecule has 0 saturated heterocycles. The van der Waals surface area contributed by atoms with E-state index in [0.29, 0.717) is 19.6 Å². The van der Waals surface area contributed by atoms with Crippen LogP contribution in [0.4, 0.5) is 0 Å². The maximum Gasteiger partial charge on any atom is 0.330 e. The summed E-state index contributed by atoms with van der Waals surface area (Å²) >= 11 is 0. The quantitative estimate of drug-likeness (QED) is 0.422. The number of methoxy groups -OCH3 is 1. The van der Waals surface area contributed by atoms with Gasteiger partial charge in [-0.15, -0.1) is 0 Å². The molecule has 0 saturated carbocycles. The van der Waals surface area contributed by atoms with E-state index >= 15 is 0 Å². The maximum absolute atomic E-state index is 10.9. The predicted molar refractivity (Wildman–Crippen MR) is 89.7 cm³/mol. The minimum absolute atomic E-state index is 0.328. The van der Waals surface area contributed by atoms with E-state index in [9.17, 15) is 4.79 Å². The van der Waals surface area contributed by atoms with E-state index in [0.717, 1.165) is 28.7 Å².